The third-order valence-corrected chi connectivity index (χ3v) is 3.92. The fraction of sp³-hybridized carbons (Fsp3) is 0. The average molecular weight is 382 g/mol. The minimum Gasteiger partial charge on any atom is -0.478 e. The molecule has 8 nitrogen and oxygen atoms in total. The van der Waals surface area contributed by atoms with Crippen LogP contribution < -0.4 is 0 Å². The highest BCUT2D eigenvalue weighted by Crippen LogP contribution is 2.31. The van der Waals surface area contributed by atoms with Crippen molar-refractivity contribution < 1.29 is 39.6 Å². The van der Waals surface area contributed by atoms with Crippen molar-refractivity contribution in [1.29, 1.82) is 0 Å². The van der Waals surface area contributed by atoms with Gasteiger partial charge in [0.25, 0.3) is 0 Å². The molecular weight excluding hydrogens is 368 g/mol. The number of benzene rings is 2. The molecule has 0 aliphatic heterocycles. The number of carbonyl (C=O) groups is 4. The Morgan fingerprint density at radius 2 is 0.643 bits per heavy atom. The van der Waals surface area contributed by atoms with Gasteiger partial charge in [-0.1, -0.05) is 13.2 Å². The number of hydrogen-bond donors (Lipinski definition) is 4. The molecule has 2 rings (SSSR count). The van der Waals surface area contributed by atoms with Gasteiger partial charge in [-0.25, -0.2) is 19.2 Å². The molecule has 0 heterocycles. The van der Waals surface area contributed by atoms with Crippen molar-refractivity contribution in [2.45, 2.75) is 0 Å². The van der Waals surface area contributed by atoms with Crippen LogP contribution in [-0.2, 0) is 0 Å². The standard InChI is InChI=1S/C20H14O8/c1-9(11-3-13(17(21)22)7-14(4-11)18(23)24)10(2)12-5-15(19(25)26)8-16(6-12)20(27)28/h3-8H,1-2H2,(H,21,22)(H,23,24)(H,25,26)(H,27,28). The second-order valence-corrected chi connectivity index (χ2v) is 5.78. The first-order valence-electron chi connectivity index (χ1n) is 7.63. The molecule has 2 aromatic carbocycles. The Kier molecular flexibility index (Phi) is 5.45. The number of carboxylic acids is 4. The van der Waals surface area contributed by atoms with E-state index in [-0.39, 0.29) is 44.5 Å². The van der Waals surface area contributed by atoms with Gasteiger partial charge in [0.1, 0.15) is 0 Å². The van der Waals surface area contributed by atoms with Gasteiger partial charge in [-0.3, -0.25) is 0 Å². The van der Waals surface area contributed by atoms with Crippen LogP contribution in [0, 0.1) is 0 Å². The molecule has 2 aromatic rings. The van der Waals surface area contributed by atoms with E-state index in [1.54, 1.807) is 0 Å². The molecule has 0 spiro atoms. The molecule has 0 saturated heterocycles. The van der Waals surface area contributed by atoms with E-state index in [1.165, 1.54) is 24.3 Å². The summed E-state index contributed by atoms with van der Waals surface area (Å²) in [5, 5.41) is 36.7. The first-order chi connectivity index (χ1) is 13.0. The average Bonchev–Trinajstić information content (AvgIpc) is 2.65. The van der Waals surface area contributed by atoms with Crippen molar-refractivity contribution in [2.24, 2.45) is 0 Å². The number of rotatable bonds is 7. The van der Waals surface area contributed by atoms with E-state index in [2.05, 4.69) is 13.2 Å². The van der Waals surface area contributed by atoms with E-state index in [9.17, 15) is 39.6 Å². The quantitative estimate of drug-likeness (QED) is 0.533. The first-order valence-corrected chi connectivity index (χ1v) is 7.63. The molecule has 28 heavy (non-hydrogen) atoms. The van der Waals surface area contributed by atoms with Gasteiger partial charge in [-0.05, 0) is 58.7 Å². The highest BCUT2D eigenvalue weighted by Gasteiger charge is 2.17. The number of allylic oxidation sites excluding steroid dienone is 2. The molecule has 0 aliphatic rings. The topological polar surface area (TPSA) is 149 Å². The van der Waals surface area contributed by atoms with Crippen molar-refractivity contribution in [3.8, 4) is 0 Å². The highest BCUT2D eigenvalue weighted by molar-refractivity contribution is 6.07. The number of carboxylic acid groups (broad SMARTS) is 4. The second-order valence-electron chi connectivity index (χ2n) is 5.78. The molecule has 0 saturated carbocycles. The van der Waals surface area contributed by atoms with Gasteiger partial charge in [0.2, 0.25) is 0 Å². The summed E-state index contributed by atoms with van der Waals surface area (Å²) in [7, 11) is 0. The molecule has 0 aliphatic carbocycles. The van der Waals surface area contributed by atoms with Crippen molar-refractivity contribution in [3.05, 3.63) is 82.9 Å². The lowest BCUT2D eigenvalue weighted by atomic mass is 9.91. The zero-order valence-corrected chi connectivity index (χ0v) is 14.3. The van der Waals surface area contributed by atoms with Crippen LogP contribution in [0.5, 0.6) is 0 Å². The van der Waals surface area contributed by atoms with Crippen LogP contribution in [-0.4, -0.2) is 44.3 Å². The van der Waals surface area contributed by atoms with Crippen molar-refractivity contribution in [3.63, 3.8) is 0 Å². The highest BCUT2D eigenvalue weighted by atomic mass is 16.4. The van der Waals surface area contributed by atoms with Crippen LogP contribution in [0.2, 0.25) is 0 Å². The van der Waals surface area contributed by atoms with E-state index < -0.39 is 23.9 Å². The van der Waals surface area contributed by atoms with Gasteiger partial charge in [0.05, 0.1) is 22.3 Å². The van der Waals surface area contributed by atoms with Crippen LogP contribution in [0.4, 0.5) is 0 Å². The zero-order valence-electron chi connectivity index (χ0n) is 14.3. The van der Waals surface area contributed by atoms with Crippen molar-refractivity contribution in [1.82, 2.24) is 0 Å². The van der Waals surface area contributed by atoms with Gasteiger partial charge in [0.15, 0.2) is 0 Å². The Morgan fingerprint density at radius 1 is 0.464 bits per heavy atom. The summed E-state index contributed by atoms with van der Waals surface area (Å²) in [4.78, 5) is 45.0. The fourth-order valence-corrected chi connectivity index (χ4v) is 2.45. The molecule has 0 bridgehead atoms. The van der Waals surface area contributed by atoms with Crippen molar-refractivity contribution >= 4 is 35.0 Å². The largest absolute Gasteiger partial charge is 0.478 e. The summed E-state index contributed by atoms with van der Waals surface area (Å²) < 4.78 is 0. The van der Waals surface area contributed by atoms with E-state index >= 15 is 0 Å². The monoisotopic (exact) mass is 382 g/mol. The minimum atomic E-state index is -1.34. The zero-order chi connectivity index (χ0) is 21.2. The molecular formula is C20H14O8. The maximum absolute atomic E-state index is 11.3. The summed E-state index contributed by atoms with van der Waals surface area (Å²) >= 11 is 0. The minimum absolute atomic E-state index is 0.115. The summed E-state index contributed by atoms with van der Waals surface area (Å²) in [5.74, 6) is -5.37. The van der Waals surface area contributed by atoms with Crippen LogP contribution in [0.25, 0.3) is 11.1 Å². The Hall–Kier alpha value is -4.20. The first kappa shape index (κ1) is 20.1. The SMILES string of the molecule is C=C(C(=C)c1cc(C(=O)O)cc(C(=O)O)c1)c1cc(C(=O)O)cc(C(=O)O)c1. The maximum atomic E-state index is 11.3. The van der Waals surface area contributed by atoms with E-state index in [0.29, 0.717) is 0 Å². The maximum Gasteiger partial charge on any atom is 0.335 e. The molecule has 0 aromatic heterocycles. The molecule has 0 atom stereocenters. The molecule has 0 radical (unpaired) electrons. The van der Waals surface area contributed by atoms with Crippen LogP contribution in [0.15, 0.2) is 49.6 Å². The summed E-state index contributed by atoms with van der Waals surface area (Å²) in [5.41, 5.74) is -0.624. The fourth-order valence-electron chi connectivity index (χ4n) is 2.45. The van der Waals surface area contributed by atoms with Crippen LogP contribution >= 0.6 is 0 Å². The lowest BCUT2D eigenvalue weighted by Crippen LogP contribution is -2.05. The van der Waals surface area contributed by atoms with Gasteiger partial charge < -0.3 is 20.4 Å². The van der Waals surface area contributed by atoms with Gasteiger partial charge >= 0.3 is 23.9 Å². The Labute approximate surface area is 158 Å². The molecule has 0 unspecified atom stereocenters. The predicted octanol–water partition coefficient (Wildman–Crippen LogP) is 3.21. The lowest BCUT2D eigenvalue weighted by Gasteiger charge is -2.13. The van der Waals surface area contributed by atoms with Gasteiger partial charge in [-0.2, -0.15) is 0 Å². The van der Waals surface area contributed by atoms with E-state index in [0.717, 1.165) is 12.1 Å². The third kappa shape index (κ3) is 4.13. The van der Waals surface area contributed by atoms with Gasteiger partial charge in [0, 0.05) is 0 Å². The van der Waals surface area contributed by atoms with E-state index in [4.69, 9.17) is 0 Å². The third-order valence-electron chi connectivity index (χ3n) is 3.92. The molecule has 0 amide bonds. The van der Waals surface area contributed by atoms with Gasteiger partial charge in [-0.15, -0.1) is 0 Å². The number of hydrogen-bond acceptors (Lipinski definition) is 4. The smallest absolute Gasteiger partial charge is 0.335 e. The number of aromatic carboxylic acids is 4. The van der Waals surface area contributed by atoms with Crippen LogP contribution in [0.3, 0.4) is 0 Å². The lowest BCUT2D eigenvalue weighted by molar-refractivity contribution is 0.0676. The normalized spacial score (nSPS) is 10.1. The molecule has 4 N–H and O–H groups in total. The van der Waals surface area contributed by atoms with Crippen LogP contribution in [0.1, 0.15) is 52.6 Å². The Balaban J connectivity index is 2.57. The summed E-state index contributed by atoms with van der Waals surface area (Å²) in [6.45, 7) is 7.54. The van der Waals surface area contributed by atoms with E-state index in [1.807, 2.05) is 0 Å². The summed E-state index contributed by atoms with van der Waals surface area (Å²) in [6.07, 6.45) is 0. The second kappa shape index (κ2) is 7.58. The Morgan fingerprint density at radius 3 is 0.821 bits per heavy atom. The molecule has 8 heteroatoms. The van der Waals surface area contributed by atoms with Crippen molar-refractivity contribution in [2.75, 3.05) is 0 Å². The predicted molar refractivity (Wildman–Crippen MR) is 98.8 cm³/mol. The summed E-state index contributed by atoms with van der Waals surface area (Å²) in [6, 6.07) is 6.75. The molecule has 142 valence electrons. The Bertz CT molecular complexity index is 912. The molecule has 0 fully saturated rings.